The highest BCUT2D eigenvalue weighted by molar-refractivity contribution is 7.99. The molecular formula is C22H23FN4O3S. The fourth-order valence-corrected chi connectivity index (χ4v) is 3.52. The van der Waals surface area contributed by atoms with Crippen LogP contribution in [0, 0.1) is 5.82 Å². The van der Waals surface area contributed by atoms with Crippen LogP contribution in [0.2, 0.25) is 0 Å². The van der Waals surface area contributed by atoms with E-state index < -0.39 is 5.82 Å². The molecule has 0 saturated heterocycles. The molecule has 9 heteroatoms. The second-order valence-corrected chi connectivity index (χ2v) is 7.44. The maximum atomic E-state index is 13.7. The van der Waals surface area contributed by atoms with E-state index in [1.165, 1.54) is 23.9 Å². The quantitative estimate of drug-likeness (QED) is 0.275. The number of carbonyl (C=O) groups is 1. The number of methoxy groups -OCH3 is 1. The molecule has 0 aliphatic carbocycles. The van der Waals surface area contributed by atoms with E-state index in [2.05, 4.69) is 22.1 Å². The van der Waals surface area contributed by atoms with Crippen LogP contribution in [0.5, 0.6) is 11.5 Å². The minimum Gasteiger partial charge on any atom is -0.497 e. The van der Waals surface area contributed by atoms with Gasteiger partial charge in [0.2, 0.25) is 5.91 Å². The average Bonchev–Trinajstić information content (AvgIpc) is 3.14. The molecule has 0 aliphatic rings. The highest BCUT2D eigenvalue weighted by atomic mass is 32.2. The number of ether oxygens (including phenoxy) is 2. The second-order valence-electron chi connectivity index (χ2n) is 6.38. The van der Waals surface area contributed by atoms with Crippen molar-refractivity contribution < 1.29 is 18.7 Å². The lowest BCUT2D eigenvalue weighted by Crippen LogP contribution is -2.18. The van der Waals surface area contributed by atoms with Gasteiger partial charge < -0.3 is 19.4 Å². The zero-order valence-electron chi connectivity index (χ0n) is 17.1. The molecule has 0 spiro atoms. The van der Waals surface area contributed by atoms with Crippen LogP contribution in [0.1, 0.15) is 5.82 Å². The molecule has 0 aliphatic heterocycles. The fourth-order valence-electron chi connectivity index (χ4n) is 2.73. The number of nitrogens with zero attached hydrogens (tertiary/aromatic N) is 3. The summed E-state index contributed by atoms with van der Waals surface area (Å²) < 4.78 is 26.4. The van der Waals surface area contributed by atoms with Crippen molar-refractivity contribution in [3.8, 4) is 11.5 Å². The number of anilines is 1. The van der Waals surface area contributed by atoms with Crippen LogP contribution >= 0.6 is 11.8 Å². The van der Waals surface area contributed by atoms with Crippen LogP contribution in [0.15, 0.2) is 66.3 Å². The van der Waals surface area contributed by atoms with Crippen molar-refractivity contribution in [1.29, 1.82) is 0 Å². The zero-order chi connectivity index (χ0) is 22.1. The molecule has 0 bridgehead atoms. The molecule has 3 rings (SSSR count). The Labute approximate surface area is 184 Å². The van der Waals surface area contributed by atoms with Crippen molar-refractivity contribution >= 4 is 23.4 Å². The summed E-state index contributed by atoms with van der Waals surface area (Å²) in [7, 11) is 1.61. The van der Waals surface area contributed by atoms with E-state index in [0.717, 1.165) is 11.5 Å². The highest BCUT2D eigenvalue weighted by Crippen LogP contribution is 2.20. The van der Waals surface area contributed by atoms with Crippen LogP contribution in [0.4, 0.5) is 10.1 Å². The number of hydrogen-bond donors (Lipinski definition) is 1. The van der Waals surface area contributed by atoms with Gasteiger partial charge in [-0.05, 0) is 36.4 Å². The van der Waals surface area contributed by atoms with Gasteiger partial charge in [-0.3, -0.25) is 4.79 Å². The summed E-state index contributed by atoms with van der Waals surface area (Å²) in [5, 5.41) is 11.5. The van der Waals surface area contributed by atoms with Gasteiger partial charge in [0.25, 0.3) is 0 Å². The van der Waals surface area contributed by atoms with E-state index >= 15 is 0 Å². The number of aromatic nitrogens is 3. The summed E-state index contributed by atoms with van der Waals surface area (Å²) in [6, 6.07) is 13.4. The van der Waals surface area contributed by atoms with Gasteiger partial charge in [0.1, 0.15) is 23.1 Å². The smallest absolute Gasteiger partial charge is 0.232 e. The van der Waals surface area contributed by atoms with Gasteiger partial charge in [-0.15, -0.1) is 16.8 Å². The monoisotopic (exact) mass is 442 g/mol. The summed E-state index contributed by atoms with van der Waals surface area (Å²) >= 11 is 1.47. The van der Waals surface area contributed by atoms with Crippen LogP contribution in [0.25, 0.3) is 0 Å². The Balaban J connectivity index is 1.55. The van der Waals surface area contributed by atoms with E-state index in [1.54, 1.807) is 25.3 Å². The first-order valence-corrected chi connectivity index (χ1v) is 10.6. The molecule has 2 aromatic carbocycles. The Morgan fingerprint density at radius 1 is 1.19 bits per heavy atom. The molecule has 0 fully saturated rings. The predicted molar refractivity (Wildman–Crippen MR) is 118 cm³/mol. The third-order valence-corrected chi connectivity index (χ3v) is 5.15. The number of allylic oxidation sites excluding steroid dienone is 1. The molecule has 0 atom stereocenters. The lowest BCUT2D eigenvalue weighted by Gasteiger charge is -2.09. The highest BCUT2D eigenvalue weighted by Gasteiger charge is 2.16. The van der Waals surface area contributed by atoms with Crippen molar-refractivity contribution in [2.24, 2.45) is 0 Å². The minimum absolute atomic E-state index is 0.0297. The summed E-state index contributed by atoms with van der Waals surface area (Å²) in [6.07, 6.45) is 1.68. The summed E-state index contributed by atoms with van der Waals surface area (Å²) in [4.78, 5) is 12.3. The Bertz CT molecular complexity index is 1020. The molecular weight excluding hydrogens is 419 g/mol. The molecule has 31 heavy (non-hydrogen) atoms. The fraction of sp³-hybridized carbons (Fsp3) is 0.227. The molecule has 162 valence electrons. The van der Waals surface area contributed by atoms with E-state index in [0.29, 0.717) is 29.9 Å². The van der Waals surface area contributed by atoms with E-state index in [4.69, 9.17) is 9.47 Å². The molecule has 1 N–H and O–H groups in total. The van der Waals surface area contributed by atoms with Gasteiger partial charge >= 0.3 is 0 Å². The van der Waals surface area contributed by atoms with Crippen LogP contribution < -0.4 is 14.8 Å². The number of benzene rings is 2. The number of carbonyl (C=O) groups excluding carboxylic acids is 1. The summed E-state index contributed by atoms with van der Waals surface area (Å²) in [5.41, 5.74) is 0.132. The third-order valence-electron chi connectivity index (χ3n) is 4.21. The molecule has 1 heterocycles. The van der Waals surface area contributed by atoms with E-state index in [1.807, 2.05) is 28.8 Å². The number of amides is 1. The Hall–Kier alpha value is -3.33. The van der Waals surface area contributed by atoms with Crippen LogP contribution in [-0.4, -0.2) is 40.1 Å². The maximum Gasteiger partial charge on any atom is 0.232 e. The van der Waals surface area contributed by atoms with Crippen molar-refractivity contribution in [3.05, 3.63) is 72.8 Å². The summed E-state index contributed by atoms with van der Waals surface area (Å²) in [6.45, 7) is 4.68. The Morgan fingerprint density at radius 2 is 1.94 bits per heavy atom. The van der Waals surface area contributed by atoms with Gasteiger partial charge in [0.15, 0.2) is 5.16 Å². The minimum atomic E-state index is -0.489. The van der Waals surface area contributed by atoms with Crippen LogP contribution in [-0.2, 0) is 17.8 Å². The number of rotatable bonds is 11. The first-order valence-electron chi connectivity index (χ1n) is 9.57. The third kappa shape index (κ3) is 6.32. The van der Waals surface area contributed by atoms with Gasteiger partial charge in [-0.1, -0.05) is 30.0 Å². The molecule has 0 radical (unpaired) electrons. The molecule has 3 aromatic rings. The van der Waals surface area contributed by atoms with Crippen molar-refractivity contribution in [1.82, 2.24) is 14.8 Å². The van der Waals surface area contributed by atoms with Gasteiger partial charge in [0.05, 0.1) is 25.8 Å². The van der Waals surface area contributed by atoms with Crippen molar-refractivity contribution in [3.63, 3.8) is 0 Å². The Kier molecular flexibility index (Phi) is 8.05. The molecule has 0 unspecified atom stereocenters. The lowest BCUT2D eigenvalue weighted by atomic mass is 10.3. The zero-order valence-corrected chi connectivity index (χ0v) is 17.9. The Morgan fingerprint density at radius 3 is 2.65 bits per heavy atom. The second kappa shape index (κ2) is 11.2. The number of hydrogen-bond acceptors (Lipinski definition) is 6. The SMILES string of the molecule is C=CCn1c(CC(=O)Nc2ccccc2F)nnc1SCCOc1ccc(OC)cc1. The van der Waals surface area contributed by atoms with Crippen molar-refractivity contribution in [2.45, 2.75) is 18.1 Å². The van der Waals surface area contributed by atoms with Crippen molar-refractivity contribution in [2.75, 3.05) is 24.8 Å². The van der Waals surface area contributed by atoms with E-state index in [9.17, 15) is 9.18 Å². The number of thioether (sulfide) groups is 1. The lowest BCUT2D eigenvalue weighted by molar-refractivity contribution is -0.115. The van der Waals surface area contributed by atoms with Gasteiger partial charge in [-0.2, -0.15) is 0 Å². The largest absolute Gasteiger partial charge is 0.497 e. The first-order chi connectivity index (χ1) is 15.1. The molecule has 0 saturated carbocycles. The average molecular weight is 443 g/mol. The first kappa shape index (κ1) is 22.4. The molecule has 1 aromatic heterocycles. The number of para-hydroxylation sites is 1. The topological polar surface area (TPSA) is 78.3 Å². The van der Waals surface area contributed by atoms with Crippen LogP contribution in [0.3, 0.4) is 0 Å². The maximum absolute atomic E-state index is 13.7. The van der Waals surface area contributed by atoms with E-state index in [-0.39, 0.29) is 18.0 Å². The molecule has 1 amide bonds. The normalized spacial score (nSPS) is 10.5. The number of halogens is 1. The summed E-state index contributed by atoms with van der Waals surface area (Å²) in [5.74, 6) is 1.78. The van der Waals surface area contributed by atoms with Gasteiger partial charge in [-0.25, -0.2) is 4.39 Å². The predicted octanol–water partition coefficient (Wildman–Crippen LogP) is 3.96. The standard InChI is InChI=1S/C22H23FN4O3S/c1-3-12-27-20(15-21(28)24-19-7-5-4-6-18(19)23)25-26-22(27)31-14-13-30-17-10-8-16(29-2)9-11-17/h3-11H,1,12-15H2,2H3,(H,24,28). The molecule has 7 nitrogen and oxygen atoms in total. The van der Waals surface area contributed by atoms with Gasteiger partial charge in [0, 0.05) is 12.3 Å². The number of nitrogens with one attached hydrogen (secondary N) is 1.